The summed E-state index contributed by atoms with van der Waals surface area (Å²) in [7, 11) is 4.45. The Kier molecular flexibility index (Phi) is 6.36. The predicted octanol–water partition coefficient (Wildman–Crippen LogP) is 1.12. The Balaban J connectivity index is 2.09. The number of hydrogen-bond acceptors (Lipinski definition) is 8. The molecule has 0 unspecified atom stereocenters. The van der Waals surface area contributed by atoms with Crippen molar-refractivity contribution in [3.63, 3.8) is 0 Å². The lowest BCUT2D eigenvalue weighted by Gasteiger charge is -2.14. The minimum atomic E-state index is -0.594. The minimum absolute atomic E-state index is 0.0347. The lowest BCUT2D eigenvalue weighted by molar-refractivity contribution is -0.116. The number of carbonyl (C=O) groups excluding carboxylic acids is 2. The van der Waals surface area contributed by atoms with Crippen LogP contribution in [0.3, 0.4) is 0 Å². The van der Waals surface area contributed by atoms with E-state index >= 15 is 0 Å². The molecule has 0 saturated carbocycles. The van der Waals surface area contributed by atoms with Crippen LogP contribution in [0.5, 0.6) is 17.2 Å². The van der Waals surface area contributed by atoms with E-state index < -0.39 is 5.97 Å². The number of carbonyl (C=O) groups is 2. The molecule has 1 aromatic carbocycles. The molecule has 0 aliphatic heterocycles. The Labute approximate surface area is 150 Å². The van der Waals surface area contributed by atoms with Gasteiger partial charge in [-0.2, -0.15) is 0 Å². The third-order valence-corrected chi connectivity index (χ3v) is 3.28. The number of aromatic nitrogens is 3. The molecule has 1 aromatic heterocycles. The van der Waals surface area contributed by atoms with Crippen LogP contribution >= 0.6 is 0 Å². The van der Waals surface area contributed by atoms with Gasteiger partial charge < -0.3 is 24.3 Å². The molecule has 1 N–H and O–H groups in total. The van der Waals surface area contributed by atoms with Gasteiger partial charge in [0.2, 0.25) is 11.7 Å². The zero-order chi connectivity index (χ0) is 19.1. The number of methoxy groups -OCH3 is 3. The van der Waals surface area contributed by atoms with Crippen LogP contribution in [0.2, 0.25) is 0 Å². The van der Waals surface area contributed by atoms with Crippen molar-refractivity contribution in [2.45, 2.75) is 13.5 Å². The highest BCUT2D eigenvalue weighted by atomic mass is 16.5. The van der Waals surface area contributed by atoms with E-state index in [1.807, 2.05) is 0 Å². The Morgan fingerprint density at radius 1 is 1.12 bits per heavy atom. The molecule has 1 amide bonds. The van der Waals surface area contributed by atoms with Crippen molar-refractivity contribution < 1.29 is 28.5 Å². The van der Waals surface area contributed by atoms with Crippen LogP contribution in [0, 0.1) is 0 Å². The van der Waals surface area contributed by atoms with Gasteiger partial charge in [0.15, 0.2) is 17.2 Å². The van der Waals surface area contributed by atoms with Gasteiger partial charge in [-0.1, -0.05) is 5.21 Å². The molecule has 0 aliphatic rings. The largest absolute Gasteiger partial charge is 0.493 e. The topological polar surface area (TPSA) is 114 Å². The summed E-state index contributed by atoms with van der Waals surface area (Å²) in [6, 6.07) is 3.20. The molecule has 10 nitrogen and oxygen atoms in total. The molecule has 0 saturated heterocycles. The Morgan fingerprint density at radius 3 is 2.31 bits per heavy atom. The van der Waals surface area contributed by atoms with Crippen molar-refractivity contribution in [1.82, 2.24) is 15.0 Å². The molecule has 0 aliphatic carbocycles. The highest BCUT2D eigenvalue weighted by molar-refractivity contribution is 5.91. The molecular formula is C16H20N4O6. The smallest absolute Gasteiger partial charge is 0.360 e. The maximum absolute atomic E-state index is 12.2. The molecule has 140 valence electrons. The highest BCUT2D eigenvalue weighted by Crippen LogP contribution is 2.39. The van der Waals surface area contributed by atoms with Crippen LogP contribution in [-0.2, 0) is 16.1 Å². The zero-order valence-corrected chi connectivity index (χ0v) is 14.9. The number of anilines is 1. The summed E-state index contributed by atoms with van der Waals surface area (Å²) in [6.07, 6.45) is 1.34. The van der Waals surface area contributed by atoms with Gasteiger partial charge in [0.25, 0.3) is 0 Å². The minimum Gasteiger partial charge on any atom is -0.493 e. The van der Waals surface area contributed by atoms with Crippen molar-refractivity contribution in [3.05, 3.63) is 24.0 Å². The fourth-order valence-electron chi connectivity index (χ4n) is 2.18. The average molecular weight is 364 g/mol. The molecule has 1 heterocycles. The first kappa shape index (κ1) is 19.0. The Hall–Kier alpha value is -3.30. The van der Waals surface area contributed by atoms with E-state index in [4.69, 9.17) is 18.9 Å². The molecule has 0 atom stereocenters. The normalized spacial score (nSPS) is 10.2. The molecule has 26 heavy (non-hydrogen) atoms. The van der Waals surface area contributed by atoms with Crippen LogP contribution in [0.25, 0.3) is 0 Å². The van der Waals surface area contributed by atoms with Gasteiger partial charge in [-0.05, 0) is 6.92 Å². The fraction of sp³-hybridized carbons (Fsp3) is 0.375. The van der Waals surface area contributed by atoms with Gasteiger partial charge in [-0.25, -0.2) is 9.48 Å². The van der Waals surface area contributed by atoms with E-state index in [9.17, 15) is 9.59 Å². The monoisotopic (exact) mass is 364 g/mol. The number of benzene rings is 1. The third kappa shape index (κ3) is 4.41. The summed E-state index contributed by atoms with van der Waals surface area (Å²) >= 11 is 0. The number of nitrogens with one attached hydrogen (secondary N) is 1. The second-order valence-electron chi connectivity index (χ2n) is 4.98. The lowest BCUT2D eigenvalue weighted by Crippen LogP contribution is -2.19. The van der Waals surface area contributed by atoms with Crippen LogP contribution in [-0.4, -0.2) is 54.8 Å². The van der Waals surface area contributed by atoms with Crippen LogP contribution in [0.1, 0.15) is 17.4 Å². The van der Waals surface area contributed by atoms with Crippen molar-refractivity contribution in [2.75, 3.05) is 33.3 Å². The SMILES string of the molecule is CCOC(=O)c1cn(CC(=O)Nc2cc(OC)c(OC)c(OC)c2)nn1. The quantitative estimate of drug-likeness (QED) is 0.693. The maximum Gasteiger partial charge on any atom is 0.360 e. The predicted molar refractivity (Wildman–Crippen MR) is 90.7 cm³/mol. The number of esters is 1. The summed E-state index contributed by atoms with van der Waals surface area (Å²) < 4.78 is 21.8. The number of hydrogen-bond donors (Lipinski definition) is 1. The van der Waals surface area contributed by atoms with Crippen molar-refractivity contribution in [1.29, 1.82) is 0 Å². The zero-order valence-electron chi connectivity index (χ0n) is 14.9. The first-order chi connectivity index (χ1) is 12.5. The van der Waals surface area contributed by atoms with Crippen LogP contribution < -0.4 is 19.5 Å². The van der Waals surface area contributed by atoms with E-state index in [2.05, 4.69) is 15.6 Å². The third-order valence-electron chi connectivity index (χ3n) is 3.28. The number of amides is 1. The van der Waals surface area contributed by atoms with Crippen molar-refractivity contribution >= 4 is 17.6 Å². The van der Waals surface area contributed by atoms with E-state index in [1.54, 1.807) is 19.1 Å². The Morgan fingerprint density at radius 2 is 1.77 bits per heavy atom. The van der Waals surface area contributed by atoms with E-state index in [-0.39, 0.29) is 24.8 Å². The standard InChI is InChI=1S/C16H20N4O6/c1-5-26-16(22)11-8-20(19-18-11)9-14(21)17-10-6-12(23-2)15(25-4)13(7-10)24-3/h6-8H,5,9H2,1-4H3,(H,17,21). The molecule has 0 spiro atoms. The van der Waals surface area contributed by atoms with Crippen LogP contribution in [0.15, 0.2) is 18.3 Å². The molecule has 0 fully saturated rings. The van der Waals surface area contributed by atoms with Gasteiger partial charge in [-0.15, -0.1) is 5.10 Å². The lowest BCUT2D eigenvalue weighted by atomic mass is 10.2. The summed E-state index contributed by atoms with van der Waals surface area (Å²) in [6.45, 7) is 1.78. The summed E-state index contributed by atoms with van der Waals surface area (Å²) in [5.74, 6) is 0.270. The molecule has 2 rings (SSSR count). The molecule has 10 heteroatoms. The van der Waals surface area contributed by atoms with Gasteiger partial charge >= 0.3 is 5.97 Å². The molecular weight excluding hydrogens is 344 g/mol. The fourth-order valence-corrected chi connectivity index (χ4v) is 2.18. The molecule has 0 radical (unpaired) electrons. The van der Waals surface area contributed by atoms with Crippen molar-refractivity contribution in [2.24, 2.45) is 0 Å². The van der Waals surface area contributed by atoms with E-state index in [0.29, 0.717) is 22.9 Å². The van der Waals surface area contributed by atoms with Gasteiger partial charge in [0, 0.05) is 17.8 Å². The van der Waals surface area contributed by atoms with Gasteiger partial charge in [0.1, 0.15) is 6.54 Å². The molecule has 2 aromatic rings. The Bertz CT molecular complexity index is 764. The summed E-state index contributed by atoms with van der Waals surface area (Å²) in [5, 5.41) is 10.1. The average Bonchev–Trinajstić information content (AvgIpc) is 3.09. The first-order valence-corrected chi connectivity index (χ1v) is 7.69. The van der Waals surface area contributed by atoms with E-state index in [0.717, 1.165) is 0 Å². The van der Waals surface area contributed by atoms with E-state index in [1.165, 1.54) is 32.2 Å². The van der Waals surface area contributed by atoms with Crippen molar-refractivity contribution in [3.8, 4) is 17.2 Å². The van der Waals surface area contributed by atoms with Gasteiger partial charge in [0.05, 0.1) is 34.1 Å². The second kappa shape index (κ2) is 8.70. The number of ether oxygens (including phenoxy) is 4. The number of nitrogens with zero attached hydrogens (tertiary/aromatic N) is 3. The summed E-state index contributed by atoms with van der Waals surface area (Å²) in [4.78, 5) is 23.8. The van der Waals surface area contributed by atoms with Crippen LogP contribution in [0.4, 0.5) is 5.69 Å². The highest BCUT2D eigenvalue weighted by Gasteiger charge is 2.16. The first-order valence-electron chi connectivity index (χ1n) is 7.69. The molecule has 0 bridgehead atoms. The number of rotatable bonds is 8. The maximum atomic E-state index is 12.2. The summed E-state index contributed by atoms with van der Waals surface area (Å²) in [5.41, 5.74) is 0.489. The second-order valence-corrected chi connectivity index (χ2v) is 4.98. The van der Waals surface area contributed by atoms with Gasteiger partial charge in [-0.3, -0.25) is 4.79 Å².